The molecule has 0 amide bonds. The maximum absolute atomic E-state index is 13.3. The lowest BCUT2D eigenvalue weighted by atomic mass is 9.82. The van der Waals surface area contributed by atoms with E-state index < -0.39 is 0 Å². The van der Waals surface area contributed by atoms with E-state index in [1.807, 2.05) is 12.1 Å². The first-order valence-corrected chi connectivity index (χ1v) is 8.25. The third-order valence-corrected chi connectivity index (χ3v) is 4.27. The number of benzene rings is 2. The van der Waals surface area contributed by atoms with E-state index in [2.05, 4.69) is 53.7 Å². The summed E-state index contributed by atoms with van der Waals surface area (Å²) in [6, 6.07) is 11.6. The van der Waals surface area contributed by atoms with Gasteiger partial charge in [0.25, 0.3) is 0 Å². The van der Waals surface area contributed by atoms with Crippen molar-refractivity contribution in [3.8, 4) is 11.1 Å². The number of halogens is 1. The first kappa shape index (κ1) is 16.7. The highest BCUT2D eigenvalue weighted by molar-refractivity contribution is 5.73. The Morgan fingerprint density at radius 3 is 1.50 bits per heavy atom. The molecule has 1 heteroatoms. The average Bonchev–Trinajstić information content (AvgIpc) is 2.46. The second-order valence-corrected chi connectivity index (χ2v) is 7.05. The quantitative estimate of drug-likeness (QED) is 0.578. The van der Waals surface area contributed by atoms with Crippen LogP contribution in [0, 0.1) is 5.82 Å². The van der Waals surface area contributed by atoms with Crippen molar-refractivity contribution in [1.82, 2.24) is 0 Å². The van der Waals surface area contributed by atoms with E-state index in [9.17, 15) is 4.39 Å². The third-order valence-electron chi connectivity index (χ3n) is 4.27. The molecule has 2 rings (SSSR count). The molecule has 0 radical (unpaired) electrons. The largest absolute Gasteiger partial charge is 0.207 e. The molecular weight excluding hydrogens is 271 g/mol. The highest BCUT2D eigenvalue weighted by Crippen LogP contribution is 2.38. The Kier molecular flexibility index (Phi) is 5.05. The SMILES string of the molecule is CC(C)c1cc(C(C)C)c(-c2ccc(F)cc2)c(C(C)C)c1. The van der Waals surface area contributed by atoms with Gasteiger partial charge in [-0.1, -0.05) is 65.8 Å². The lowest BCUT2D eigenvalue weighted by molar-refractivity contribution is 0.628. The van der Waals surface area contributed by atoms with Crippen LogP contribution in [0.2, 0.25) is 0 Å². The van der Waals surface area contributed by atoms with E-state index in [0.29, 0.717) is 17.8 Å². The van der Waals surface area contributed by atoms with Crippen LogP contribution in [0.3, 0.4) is 0 Å². The van der Waals surface area contributed by atoms with Gasteiger partial charge in [-0.25, -0.2) is 4.39 Å². The Labute approximate surface area is 134 Å². The Bertz CT molecular complexity index is 604. The number of hydrogen-bond donors (Lipinski definition) is 0. The molecule has 0 aliphatic heterocycles. The van der Waals surface area contributed by atoms with Crippen molar-refractivity contribution in [3.05, 3.63) is 58.9 Å². The Hall–Kier alpha value is -1.63. The number of hydrogen-bond acceptors (Lipinski definition) is 0. The van der Waals surface area contributed by atoms with Gasteiger partial charge in [0.15, 0.2) is 0 Å². The summed E-state index contributed by atoms with van der Waals surface area (Å²) in [4.78, 5) is 0. The van der Waals surface area contributed by atoms with Crippen LogP contribution >= 0.6 is 0 Å². The number of rotatable bonds is 4. The van der Waals surface area contributed by atoms with Gasteiger partial charge < -0.3 is 0 Å². The van der Waals surface area contributed by atoms with E-state index in [1.54, 1.807) is 12.1 Å². The van der Waals surface area contributed by atoms with Crippen molar-refractivity contribution in [2.75, 3.05) is 0 Å². The van der Waals surface area contributed by atoms with Crippen LogP contribution in [0.4, 0.5) is 4.39 Å². The first-order chi connectivity index (χ1) is 10.3. The molecular formula is C21H27F. The van der Waals surface area contributed by atoms with Gasteiger partial charge in [0.1, 0.15) is 5.82 Å². The van der Waals surface area contributed by atoms with Crippen molar-refractivity contribution in [1.29, 1.82) is 0 Å². The Morgan fingerprint density at radius 2 is 1.14 bits per heavy atom. The fraction of sp³-hybridized carbons (Fsp3) is 0.429. The topological polar surface area (TPSA) is 0 Å². The zero-order valence-corrected chi connectivity index (χ0v) is 14.6. The average molecular weight is 298 g/mol. The molecule has 0 heterocycles. The van der Waals surface area contributed by atoms with Crippen LogP contribution in [0.5, 0.6) is 0 Å². The van der Waals surface area contributed by atoms with E-state index in [-0.39, 0.29) is 5.82 Å². The van der Waals surface area contributed by atoms with Crippen LogP contribution in [0.15, 0.2) is 36.4 Å². The summed E-state index contributed by atoms with van der Waals surface area (Å²) in [5, 5.41) is 0. The van der Waals surface area contributed by atoms with Crippen LogP contribution in [-0.2, 0) is 0 Å². The summed E-state index contributed by atoms with van der Waals surface area (Å²) in [6.07, 6.45) is 0. The zero-order valence-electron chi connectivity index (χ0n) is 14.6. The van der Waals surface area contributed by atoms with Gasteiger partial charge in [-0.05, 0) is 57.7 Å². The molecule has 0 spiro atoms. The zero-order chi connectivity index (χ0) is 16.4. The van der Waals surface area contributed by atoms with Crippen molar-refractivity contribution in [2.45, 2.75) is 59.3 Å². The van der Waals surface area contributed by atoms with Gasteiger partial charge in [0.05, 0.1) is 0 Å². The molecule has 2 aromatic rings. The Morgan fingerprint density at radius 1 is 0.682 bits per heavy atom. The maximum Gasteiger partial charge on any atom is 0.123 e. The predicted molar refractivity (Wildman–Crippen MR) is 94.1 cm³/mol. The molecule has 0 N–H and O–H groups in total. The van der Waals surface area contributed by atoms with Crippen molar-refractivity contribution in [3.63, 3.8) is 0 Å². The minimum absolute atomic E-state index is 0.181. The van der Waals surface area contributed by atoms with Gasteiger partial charge in [0, 0.05) is 0 Å². The molecule has 0 aromatic heterocycles. The molecule has 0 atom stereocenters. The van der Waals surface area contributed by atoms with E-state index in [1.165, 1.54) is 22.3 Å². The molecule has 0 aliphatic carbocycles. The molecule has 118 valence electrons. The predicted octanol–water partition coefficient (Wildman–Crippen LogP) is 6.86. The normalized spacial score (nSPS) is 11.7. The molecule has 0 fully saturated rings. The summed E-state index contributed by atoms with van der Waals surface area (Å²) in [7, 11) is 0. The minimum atomic E-state index is -0.181. The van der Waals surface area contributed by atoms with E-state index >= 15 is 0 Å². The second-order valence-electron chi connectivity index (χ2n) is 7.05. The van der Waals surface area contributed by atoms with Crippen molar-refractivity contribution >= 4 is 0 Å². The molecule has 0 nitrogen and oxygen atoms in total. The van der Waals surface area contributed by atoms with Gasteiger partial charge >= 0.3 is 0 Å². The standard InChI is InChI=1S/C21H27F/c1-13(2)17-11-19(14(3)4)21(20(12-17)15(5)6)16-7-9-18(22)10-8-16/h7-15H,1-6H3. The van der Waals surface area contributed by atoms with E-state index in [0.717, 1.165) is 5.56 Å². The van der Waals surface area contributed by atoms with Crippen LogP contribution < -0.4 is 0 Å². The second kappa shape index (κ2) is 6.64. The molecule has 0 bridgehead atoms. The molecule has 0 aliphatic rings. The highest BCUT2D eigenvalue weighted by atomic mass is 19.1. The molecule has 2 aromatic carbocycles. The maximum atomic E-state index is 13.3. The van der Waals surface area contributed by atoms with Gasteiger partial charge in [-0.2, -0.15) is 0 Å². The third kappa shape index (κ3) is 3.40. The summed E-state index contributed by atoms with van der Waals surface area (Å²) in [6.45, 7) is 13.4. The van der Waals surface area contributed by atoms with E-state index in [4.69, 9.17) is 0 Å². The molecule has 0 saturated carbocycles. The van der Waals surface area contributed by atoms with Crippen LogP contribution in [0.1, 0.15) is 76.0 Å². The first-order valence-electron chi connectivity index (χ1n) is 8.25. The molecule has 22 heavy (non-hydrogen) atoms. The van der Waals surface area contributed by atoms with Crippen molar-refractivity contribution < 1.29 is 4.39 Å². The van der Waals surface area contributed by atoms with Gasteiger partial charge in [-0.3, -0.25) is 0 Å². The molecule has 0 saturated heterocycles. The van der Waals surface area contributed by atoms with Crippen LogP contribution in [0.25, 0.3) is 11.1 Å². The highest BCUT2D eigenvalue weighted by Gasteiger charge is 2.18. The summed E-state index contributed by atoms with van der Waals surface area (Å²) in [5.41, 5.74) is 6.51. The fourth-order valence-corrected chi connectivity index (χ4v) is 2.91. The Balaban J connectivity index is 2.76. The summed E-state index contributed by atoms with van der Waals surface area (Å²) in [5.74, 6) is 1.21. The summed E-state index contributed by atoms with van der Waals surface area (Å²) < 4.78 is 13.3. The van der Waals surface area contributed by atoms with Gasteiger partial charge in [0.2, 0.25) is 0 Å². The monoisotopic (exact) mass is 298 g/mol. The van der Waals surface area contributed by atoms with Crippen molar-refractivity contribution in [2.24, 2.45) is 0 Å². The lowest BCUT2D eigenvalue weighted by Crippen LogP contribution is -2.03. The van der Waals surface area contributed by atoms with Crippen LogP contribution in [-0.4, -0.2) is 0 Å². The van der Waals surface area contributed by atoms with Gasteiger partial charge in [-0.15, -0.1) is 0 Å². The smallest absolute Gasteiger partial charge is 0.123 e. The fourth-order valence-electron chi connectivity index (χ4n) is 2.91. The minimum Gasteiger partial charge on any atom is -0.207 e. The lowest BCUT2D eigenvalue weighted by Gasteiger charge is -2.23. The molecule has 0 unspecified atom stereocenters. The summed E-state index contributed by atoms with van der Waals surface area (Å²) >= 11 is 0.